The van der Waals surface area contributed by atoms with Crippen LogP contribution in [0.15, 0.2) is 53.7 Å². The molecule has 28 heavy (non-hydrogen) atoms. The molecule has 5 nitrogen and oxygen atoms in total. The van der Waals surface area contributed by atoms with Crippen LogP contribution in [0.4, 0.5) is 0 Å². The number of guanidine groups is 1. The Morgan fingerprint density at radius 2 is 1.86 bits per heavy atom. The van der Waals surface area contributed by atoms with Crippen molar-refractivity contribution in [2.75, 3.05) is 39.8 Å². The second-order valence-electron chi connectivity index (χ2n) is 7.39. The molecule has 150 valence electrons. The van der Waals surface area contributed by atoms with Gasteiger partial charge < -0.3 is 10.2 Å². The molecule has 0 saturated carbocycles. The van der Waals surface area contributed by atoms with Crippen molar-refractivity contribution in [2.24, 2.45) is 4.99 Å². The van der Waals surface area contributed by atoms with Gasteiger partial charge in [0.25, 0.3) is 0 Å². The van der Waals surface area contributed by atoms with E-state index in [1.165, 1.54) is 11.1 Å². The summed E-state index contributed by atoms with van der Waals surface area (Å²) in [6.07, 6.45) is 4.06. The van der Waals surface area contributed by atoms with E-state index in [4.69, 9.17) is 0 Å². The number of nitrogens with one attached hydrogen (secondary N) is 1. The molecule has 1 aliphatic rings. The van der Waals surface area contributed by atoms with E-state index in [9.17, 15) is 0 Å². The summed E-state index contributed by atoms with van der Waals surface area (Å²) in [6, 6.07) is 15.6. The van der Waals surface area contributed by atoms with Gasteiger partial charge in [0, 0.05) is 57.7 Å². The second kappa shape index (κ2) is 10.2. The van der Waals surface area contributed by atoms with E-state index in [2.05, 4.69) is 74.5 Å². The van der Waals surface area contributed by atoms with Gasteiger partial charge >= 0.3 is 0 Å². The highest BCUT2D eigenvalue weighted by atomic mass is 15.3. The van der Waals surface area contributed by atoms with Gasteiger partial charge in [-0.2, -0.15) is 0 Å². The molecular formula is C23H33N5. The van der Waals surface area contributed by atoms with E-state index in [0.29, 0.717) is 6.04 Å². The summed E-state index contributed by atoms with van der Waals surface area (Å²) in [5, 5.41) is 3.52. The molecule has 5 heteroatoms. The maximum atomic E-state index is 4.50. The van der Waals surface area contributed by atoms with Crippen LogP contribution in [0.1, 0.15) is 36.2 Å². The Kier molecular flexibility index (Phi) is 7.43. The smallest absolute Gasteiger partial charge is 0.193 e. The van der Waals surface area contributed by atoms with Crippen molar-refractivity contribution in [1.29, 1.82) is 0 Å². The third-order valence-corrected chi connectivity index (χ3v) is 5.51. The summed E-state index contributed by atoms with van der Waals surface area (Å²) in [4.78, 5) is 13.9. The summed E-state index contributed by atoms with van der Waals surface area (Å²) in [5.41, 5.74) is 3.74. The molecule has 1 aromatic heterocycles. The zero-order valence-electron chi connectivity index (χ0n) is 17.4. The van der Waals surface area contributed by atoms with E-state index in [1.54, 1.807) is 0 Å². The Labute approximate surface area is 169 Å². The Balaban J connectivity index is 1.49. The molecule has 0 amide bonds. The van der Waals surface area contributed by atoms with Crippen molar-refractivity contribution < 1.29 is 0 Å². The lowest BCUT2D eigenvalue weighted by Gasteiger charge is -2.40. The van der Waals surface area contributed by atoms with Crippen LogP contribution in [-0.2, 0) is 6.42 Å². The van der Waals surface area contributed by atoms with Gasteiger partial charge in [-0.15, -0.1) is 0 Å². The molecule has 1 N–H and O–H groups in total. The number of nitrogens with zero attached hydrogens (tertiary/aromatic N) is 4. The molecule has 0 aliphatic carbocycles. The molecule has 1 aromatic carbocycles. The summed E-state index contributed by atoms with van der Waals surface area (Å²) in [6.45, 7) is 9.32. The van der Waals surface area contributed by atoms with Crippen LogP contribution in [-0.4, -0.2) is 60.5 Å². The first-order valence-corrected chi connectivity index (χ1v) is 10.4. The molecule has 1 saturated heterocycles. The monoisotopic (exact) mass is 379 g/mol. The lowest BCUT2D eigenvalue weighted by atomic mass is 10.0. The van der Waals surface area contributed by atoms with Gasteiger partial charge in [-0.25, -0.2) is 0 Å². The highest BCUT2D eigenvalue weighted by molar-refractivity contribution is 5.80. The van der Waals surface area contributed by atoms with Crippen LogP contribution in [0.2, 0.25) is 0 Å². The van der Waals surface area contributed by atoms with Crippen molar-refractivity contribution in [3.05, 3.63) is 65.5 Å². The quantitative estimate of drug-likeness (QED) is 0.618. The normalized spacial score (nSPS) is 16.8. The van der Waals surface area contributed by atoms with Crippen molar-refractivity contribution in [3.63, 3.8) is 0 Å². The molecule has 1 aliphatic heterocycles. The molecule has 0 spiro atoms. The number of hydrogen-bond donors (Lipinski definition) is 1. The predicted octanol–water partition coefficient (Wildman–Crippen LogP) is 3.28. The molecule has 2 heterocycles. The van der Waals surface area contributed by atoms with Crippen LogP contribution in [0.5, 0.6) is 0 Å². The largest absolute Gasteiger partial charge is 0.356 e. The second-order valence-corrected chi connectivity index (χ2v) is 7.39. The van der Waals surface area contributed by atoms with Gasteiger partial charge in [0.15, 0.2) is 5.96 Å². The van der Waals surface area contributed by atoms with Gasteiger partial charge in [0.05, 0.1) is 0 Å². The number of aryl methyl sites for hydroxylation is 1. The number of pyridine rings is 1. The Morgan fingerprint density at radius 1 is 1.11 bits per heavy atom. The van der Waals surface area contributed by atoms with Gasteiger partial charge in [-0.1, -0.05) is 43.3 Å². The lowest BCUT2D eigenvalue weighted by molar-refractivity contribution is 0.127. The zero-order valence-corrected chi connectivity index (χ0v) is 17.4. The number of aromatic nitrogens is 1. The third kappa shape index (κ3) is 5.32. The SMILES string of the molecule is CCC(c1ccccc1)N1CCN(C(=NC)NCCc2ccc(C)nc2)CC1. The van der Waals surface area contributed by atoms with Crippen molar-refractivity contribution in [3.8, 4) is 0 Å². The highest BCUT2D eigenvalue weighted by Crippen LogP contribution is 2.25. The Bertz CT molecular complexity index is 733. The summed E-state index contributed by atoms with van der Waals surface area (Å²) >= 11 is 0. The standard InChI is InChI=1S/C23H33N5/c1-4-22(21-8-6-5-7-9-21)27-14-16-28(17-15-27)23(24-3)25-13-12-20-11-10-19(2)26-18-20/h5-11,18,22H,4,12-17H2,1-3H3,(H,24,25). The highest BCUT2D eigenvalue weighted by Gasteiger charge is 2.25. The minimum Gasteiger partial charge on any atom is -0.356 e. The van der Waals surface area contributed by atoms with Gasteiger partial charge in [-0.05, 0) is 37.0 Å². The fraction of sp³-hybridized carbons (Fsp3) is 0.478. The fourth-order valence-electron chi connectivity index (χ4n) is 3.92. The van der Waals surface area contributed by atoms with Gasteiger partial charge in [0.2, 0.25) is 0 Å². The number of aliphatic imine (C=N–C) groups is 1. The molecule has 0 radical (unpaired) electrons. The predicted molar refractivity (Wildman–Crippen MR) is 117 cm³/mol. The topological polar surface area (TPSA) is 43.8 Å². The molecule has 1 unspecified atom stereocenters. The molecule has 3 rings (SSSR count). The first-order valence-electron chi connectivity index (χ1n) is 10.4. The van der Waals surface area contributed by atoms with E-state index in [0.717, 1.165) is 57.2 Å². The average molecular weight is 380 g/mol. The summed E-state index contributed by atoms with van der Waals surface area (Å²) < 4.78 is 0. The van der Waals surface area contributed by atoms with Crippen LogP contribution >= 0.6 is 0 Å². The fourth-order valence-corrected chi connectivity index (χ4v) is 3.92. The molecular weight excluding hydrogens is 346 g/mol. The molecule has 0 bridgehead atoms. The number of hydrogen-bond acceptors (Lipinski definition) is 3. The average Bonchev–Trinajstić information content (AvgIpc) is 2.75. The summed E-state index contributed by atoms with van der Waals surface area (Å²) in [5.74, 6) is 1.01. The minimum atomic E-state index is 0.507. The number of benzene rings is 1. The maximum absolute atomic E-state index is 4.50. The van der Waals surface area contributed by atoms with E-state index < -0.39 is 0 Å². The van der Waals surface area contributed by atoms with Crippen molar-refractivity contribution in [2.45, 2.75) is 32.7 Å². The Hall–Kier alpha value is -2.40. The van der Waals surface area contributed by atoms with Crippen LogP contribution in [0, 0.1) is 6.92 Å². The number of piperazine rings is 1. The molecule has 2 aromatic rings. The minimum absolute atomic E-state index is 0.507. The van der Waals surface area contributed by atoms with Crippen LogP contribution in [0.25, 0.3) is 0 Å². The first kappa shape index (κ1) is 20.3. The van der Waals surface area contributed by atoms with Crippen LogP contribution in [0.3, 0.4) is 0 Å². The van der Waals surface area contributed by atoms with E-state index in [-0.39, 0.29) is 0 Å². The Morgan fingerprint density at radius 3 is 2.46 bits per heavy atom. The first-order chi connectivity index (χ1) is 13.7. The third-order valence-electron chi connectivity index (χ3n) is 5.51. The summed E-state index contributed by atoms with van der Waals surface area (Å²) in [7, 11) is 1.88. The van der Waals surface area contributed by atoms with E-state index >= 15 is 0 Å². The lowest BCUT2D eigenvalue weighted by Crippen LogP contribution is -2.53. The molecule has 1 atom stereocenters. The molecule has 1 fully saturated rings. The maximum Gasteiger partial charge on any atom is 0.193 e. The van der Waals surface area contributed by atoms with Gasteiger partial charge in [-0.3, -0.25) is 14.9 Å². The zero-order chi connectivity index (χ0) is 19.8. The van der Waals surface area contributed by atoms with Crippen molar-refractivity contribution in [1.82, 2.24) is 20.1 Å². The number of rotatable bonds is 6. The van der Waals surface area contributed by atoms with Crippen LogP contribution < -0.4 is 5.32 Å². The van der Waals surface area contributed by atoms with Crippen molar-refractivity contribution >= 4 is 5.96 Å². The van der Waals surface area contributed by atoms with Gasteiger partial charge in [0.1, 0.15) is 0 Å². The van der Waals surface area contributed by atoms with E-state index in [1.807, 2.05) is 20.2 Å².